The summed E-state index contributed by atoms with van der Waals surface area (Å²) in [6, 6.07) is 7.75. The molecule has 0 unspecified atom stereocenters. The molecule has 2 N–H and O–H groups in total. The maximum absolute atomic E-state index is 12.4. The summed E-state index contributed by atoms with van der Waals surface area (Å²) in [6.45, 7) is 6.01. The molecule has 0 fully saturated rings. The minimum atomic E-state index is -0.138. The molecule has 0 spiro atoms. The van der Waals surface area contributed by atoms with E-state index in [0.717, 1.165) is 11.3 Å². The zero-order valence-electron chi connectivity index (χ0n) is 12.3. The second-order valence-corrected chi connectivity index (χ2v) is 5.01. The van der Waals surface area contributed by atoms with Gasteiger partial charge in [0, 0.05) is 24.8 Å². The summed E-state index contributed by atoms with van der Waals surface area (Å²) < 4.78 is 1.78. The van der Waals surface area contributed by atoms with Crippen LogP contribution in [0.1, 0.15) is 35.8 Å². The first kappa shape index (κ1) is 14.1. The smallest absolute Gasteiger partial charge is 0.258 e. The van der Waals surface area contributed by atoms with Crippen molar-refractivity contribution in [3.63, 3.8) is 0 Å². The summed E-state index contributed by atoms with van der Waals surface area (Å²) >= 11 is 0. The molecule has 5 nitrogen and oxygen atoms in total. The topological polar surface area (TPSA) is 59.0 Å². The quantitative estimate of drug-likeness (QED) is 0.899. The molecule has 106 valence electrons. The van der Waals surface area contributed by atoms with Gasteiger partial charge in [0.1, 0.15) is 5.82 Å². The fraction of sp³-hybridized carbons (Fsp3) is 0.333. The highest BCUT2D eigenvalue weighted by molar-refractivity contribution is 6.07. The van der Waals surface area contributed by atoms with Crippen molar-refractivity contribution in [1.29, 1.82) is 0 Å². The third-order valence-electron chi connectivity index (χ3n) is 3.09. The molecule has 5 heteroatoms. The third kappa shape index (κ3) is 2.82. The lowest BCUT2D eigenvalue weighted by molar-refractivity contribution is 0.102. The van der Waals surface area contributed by atoms with Crippen molar-refractivity contribution >= 4 is 17.4 Å². The molecule has 0 radical (unpaired) electrons. The molecular formula is C15H20N4O. The fourth-order valence-electron chi connectivity index (χ4n) is 2.07. The van der Waals surface area contributed by atoms with Gasteiger partial charge in [0.2, 0.25) is 0 Å². The van der Waals surface area contributed by atoms with E-state index in [9.17, 15) is 4.79 Å². The van der Waals surface area contributed by atoms with E-state index in [1.807, 2.05) is 39.0 Å². The summed E-state index contributed by atoms with van der Waals surface area (Å²) in [6.07, 6.45) is 1.69. The highest BCUT2D eigenvalue weighted by atomic mass is 16.1. The van der Waals surface area contributed by atoms with Crippen LogP contribution in [0, 0.1) is 6.92 Å². The van der Waals surface area contributed by atoms with Gasteiger partial charge >= 0.3 is 0 Å². The molecule has 0 bridgehead atoms. The van der Waals surface area contributed by atoms with Crippen LogP contribution in [0.2, 0.25) is 0 Å². The Labute approximate surface area is 119 Å². The van der Waals surface area contributed by atoms with Crippen molar-refractivity contribution in [2.45, 2.75) is 26.8 Å². The van der Waals surface area contributed by atoms with Gasteiger partial charge in [-0.3, -0.25) is 4.79 Å². The average Bonchev–Trinajstić information content (AvgIpc) is 2.87. The van der Waals surface area contributed by atoms with Crippen molar-refractivity contribution < 1.29 is 4.79 Å². The average molecular weight is 272 g/mol. The van der Waals surface area contributed by atoms with Crippen LogP contribution in [-0.4, -0.2) is 22.7 Å². The predicted octanol–water partition coefficient (Wildman–Crippen LogP) is 3.07. The standard InChI is InChI=1S/C15H20N4O/c1-10(2)19-14(7-8-17-19)18-15(20)12-9-11(3)5-6-13(12)16-4/h5-10,16H,1-4H3,(H,18,20). The highest BCUT2D eigenvalue weighted by Crippen LogP contribution is 2.20. The number of hydrogen-bond donors (Lipinski definition) is 2. The number of carbonyl (C=O) groups is 1. The molecule has 2 aromatic rings. The Hall–Kier alpha value is -2.30. The van der Waals surface area contributed by atoms with Gasteiger partial charge in [-0.15, -0.1) is 0 Å². The van der Waals surface area contributed by atoms with Crippen LogP contribution in [0.15, 0.2) is 30.5 Å². The van der Waals surface area contributed by atoms with E-state index in [1.165, 1.54) is 0 Å². The van der Waals surface area contributed by atoms with E-state index in [-0.39, 0.29) is 11.9 Å². The van der Waals surface area contributed by atoms with Gasteiger partial charge in [-0.25, -0.2) is 4.68 Å². The number of hydrogen-bond acceptors (Lipinski definition) is 3. The zero-order valence-corrected chi connectivity index (χ0v) is 12.3. The second-order valence-electron chi connectivity index (χ2n) is 5.01. The van der Waals surface area contributed by atoms with Crippen LogP contribution in [0.25, 0.3) is 0 Å². The second kappa shape index (κ2) is 5.77. The van der Waals surface area contributed by atoms with Crippen LogP contribution in [0.4, 0.5) is 11.5 Å². The number of nitrogens with one attached hydrogen (secondary N) is 2. The van der Waals surface area contributed by atoms with Crippen LogP contribution in [-0.2, 0) is 0 Å². The van der Waals surface area contributed by atoms with Gasteiger partial charge in [0.25, 0.3) is 5.91 Å². The maximum Gasteiger partial charge on any atom is 0.258 e. The molecule has 0 atom stereocenters. The number of amides is 1. The maximum atomic E-state index is 12.4. The lowest BCUT2D eigenvalue weighted by Gasteiger charge is -2.13. The molecule has 0 saturated carbocycles. The molecule has 0 saturated heterocycles. The van der Waals surface area contributed by atoms with Crippen molar-refractivity contribution in [3.05, 3.63) is 41.6 Å². The minimum Gasteiger partial charge on any atom is -0.387 e. The van der Waals surface area contributed by atoms with E-state index in [2.05, 4.69) is 15.7 Å². The van der Waals surface area contributed by atoms with E-state index < -0.39 is 0 Å². The Morgan fingerprint density at radius 2 is 2.05 bits per heavy atom. The monoisotopic (exact) mass is 272 g/mol. The van der Waals surface area contributed by atoms with Crippen LogP contribution in [0.3, 0.4) is 0 Å². The molecule has 1 amide bonds. The molecule has 1 aromatic heterocycles. The molecule has 0 aliphatic rings. The summed E-state index contributed by atoms with van der Waals surface area (Å²) in [4.78, 5) is 12.4. The first-order valence-electron chi connectivity index (χ1n) is 6.66. The molecule has 0 aliphatic heterocycles. The number of rotatable bonds is 4. The Bertz CT molecular complexity index is 616. The molecular weight excluding hydrogens is 252 g/mol. The minimum absolute atomic E-state index is 0.138. The lowest BCUT2D eigenvalue weighted by Crippen LogP contribution is -2.18. The Balaban J connectivity index is 2.28. The summed E-state index contributed by atoms with van der Waals surface area (Å²) in [5.74, 6) is 0.564. The third-order valence-corrected chi connectivity index (χ3v) is 3.09. The highest BCUT2D eigenvalue weighted by Gasteiger charge is 2.14. The number of aryl methyl sites for hydroxylation is 1. The number of nitrogens with zero attached hydrogens (tertiary/aromatic N) is 2. The summed E-state index contributed by atoms with van der Waals surface area (Å²) in [7, 11) is 1.81. The van der Waals surface area contributed by atoms with Gasteiger partial charge in [-0.2, -0.15) is 5.10 Å². The largest absolute Gasteiger partial charge is 0.387 e. The number of benzene rings is 1. The first-order valence-corrected chi connectivity index (χ1v) is 6.66. The van der Waals surface area contributed by atoms with Gasteiger partial charge in [0.05, 0.1) is 11.8 Å². The van der Waals surface area contributed by atoms with Crippen molar-refractivity contribution in [2.24, 2.45) is 0 Å². The van der Waals surface area contributed by atoms with Gasteiger partial charge in [-0.1, -0.05) is 11.6 Å². The fourth-order valence-corrected chi connectivity index (χ4v) is 2.07. The normalized spacial score (nSPS) is 10.7. The number of carbonyl (C=O) groups excluding carboxylic acids is 1. The van der Waals surface area contributed by atoms with Crippen molar-refractivity contribution in [1.82, 2.24) is 9.78 Å². The van der Waals surface area contributed by atoms with Crippen LogP contribution < -0.4 is 10.6 Å². The Morgan fingerprint density at radius 3 is 2.70 bits per heavy atom. The molecule has 2 rings (SSSR count). The Morgan fingerprint density at radius 1 is 1.30 bits per heavy atom. The SMILES string of the molecule is CNc1ccc(C)cc1C(=O)Nc1ccnn1C(C)C. The predicted molar refractivity (Wildman–Crippen MR) is 81.3 cm³/mol. The van der Waals surface area contributed by atoms with Gasteiger partial charge in [0.15, 0.2) is 0 Å². The molecule has 20 heavy (non-hydrogen) atoms. The Kier molecular flexibility index (Phi) is 4.08. The van der Waals surface area contributed by atoms with Crippen LogP contribution >= 0.6 is 0 Å². The van der Waals surface area contributed by atoms with Gasteiger partial charge in [-0.05, 0) is 32.9 Å². The summed E-state index contributed by atoms with van der Waals surface area (Å²) in [5.41, 5.74) is 2.49. The summed E-state index contributed by atoms with van der Waals surface area (Å²) in [5, 5.41) is 10.2. The van der Waals surface area contributed by atoms with E-state index in [4.69, 9.17) is 0 Å². The van der Waals surface area contributed by atoms with Crippen molar-refractivity contribution in [2.75, 3.05) is 17.7 Å². The number of aromatic nitrogens is 2. The van der Waals surface area contributed by atoms with E-state index in [1.54, 1.807) is 24.0 Å². The van der Waals surface area contributed by atoms with Gasteiger partial charge < -0.3 is 10.6 Å². The lowest BCUT2D eigenvalue weighted by atomic mass is 10.1. The molecule has 1 heterocycles. The molecule has 0 aliphatic carbocycles. The van der Waals surface area contributed by atoms with E-state index in [0.29, 0.717) is 11.4 Å². The van der Waals surface area contributed by atoms with Crippen molar-refractivity contribution in [3.8, 4) is 0 Å². The first-order chi connectivity index (χ1) is 9.52. The van der Waals surface area contributed by atoms with E-state index >= 15 is 0 Å². The van der Waals surface area contributed by atoms with Crippen LogP contribution in [0.5, 0.6) is 0 Å². The zero-order chi connectivity index (χ0) is 14.7. The number of anilines is 2. The molecule has 1 aromatic carbocycles.